The predicted octanol–water partition coefficient (Wildman–Crippen LogP) is 2.59. The summed E-state index contributed by atoms with van der Waals surface area (Å²) in [7, 11) is 5.01. The van der Waals surface area contributed by atoms with Gasteiger partial charge in [0.15, 0.2) is 0 Å². The van der Waals surface area contributed by atoms with Crippen molar-refractivity contribution in [1.82, 2.24) is 20.0 Å². The van der Waals surface area contributed by atoms with Gasteiger partial charge in [0.2, 0.25) is 17.7 Å². The highest BCUT2D eigenvalue weighted by Crippen LogP contribution is 2.26. The van der Waals surface area contributed by atoms with Gasteiger partial charge < -0.3 is 19.9 Å². The third kappa shape index (κ3) is 7.55. The van der Waals surface area contributed by atoms with E-state index in [4.69, 9.17) is 4.74 Å². The summed E-state index contributed by atoms with van der Waals surface area (Å²) in [5, 5.41) is 3.06. The number of piperidine rings is 1. The van der Waals surface area contributed by atoms with E-state index in [1.165, 1.54) is 7.11 Å². The van der Waals surface area contributed by atoms with Gasteiger partial charge in [0.25, 0.3) is 0 Å². The molecular weight excluding hydrogens is 472 g/mol. The van der Waals surface area contributed by atoms with Gasteiger partial charge in [-0.15, -0.1) is 0 Å². The summed E-state index contributed by atoms with van der Waals surface area (Å²) in [5.41, 5.74) is -0.0255. The number of hydrogen-bond acceptors (Lipinski definition) is 6. The first-order valence-electron chi connectivity index (χ1n) is 13.5. The Bertz CT molecular complexity index is 878. The summed E-state index contributed by atoms with van der Waals surface area (Å²) in [6, 6.07) is -1.89. The fraction of sp³-hybridized carbons (Fsp3) is 0.786. The van der Waals surface area contributed by atoms with Crippen molar-refractivity contribution < 1.29 is 23.9 Å². The maximum atomic E-state index is 13.8. The smallest absolute Gasteiger partial charge is 0.328 e. The summed E-state index contributed by atoms with van der Waals surface area (Å²) in [4.78, 5) is 57.7. The number of carbonyl (C=O) groups excluding carboxylic acids is 4. The van der Waals surface area contributed by atoms with Crippen LogP contribution in [0.5, 0.6) is 0 Å². The zero-order valence-electron chi connectivity index (χ0n) is 24.3. The number of amides is 3. The molecule has 0 aliphatic carbocycles. The van der Waals surface area contributed by atoms with Crippen LogP contribution in [0.3, 0.4) is 0 Å². The molecule has 0 aromatic heterocycles. The van der Waals surface area contributed by atoms with Crippen molar-refractivity contribution >= 4 is 23.7 Å². The van der Waals surface area contributed by atoms with Gasteiger partial charge in [0.05, 0.1) is 19.2 Å². The number of methoxy groups -OCH3 is 1. The molecule has 9 heteroatoms. The van der Waals surface area contributed by atoms with E-state index in [0.29, 0.717) is 18.5 Å². The first kappa shape index (κ1) is 30.8. The molecule has 9 nitrogen and oxygen atoms in total. The van der Waals surface area contributed by atoms with Gasteiger partial charge in [0.1, 0.15) is 12.1 Å². The monoisotopic (exact) mass is 520 g/mol. The minimum absolute atomic E-state index is 0.0208. The topological polar surface area (TPSA) is 99.3 Å². The molecule has 0 unspecified atom stereocenters. The molecule has 1 N–H and O–H groups in total. The molecule has 4 atom stereocenters. The van der Waals surface area contributed by atoms with E-state index in [1.807, 2.05) is 47.7 Å². The average Bonchev–Trinajstić information content (AvgIpc) is 3.33. The Balaban J connectivity index is 2.25. The SMILES string of the molecule is COC(=O)[C@@H]1CCCN1C(=O)/C(C)=C/[C@H](C(C)C)N(C)C(=O)[C@@H](NC(=O)[C@H]1CCCCN1C)C(C)(C)C. The van der Waals surface area contributed by atoms with Crippen LogP contribution in [0.1, 0.15) is 73.6 Å². The molecule has 2 aliphatic heterocycles. The van der Waals surface area contributed by atoms with Crippen LogP contribution in [-0.2, 0) is 23.9 Å². The highest BCUT2D eigenvalue weighted by atomic mass is 16.5. The summed E-state index contributed by atoms with van der Waals surface area (Å²) in [5.74, 6) is -0.913. The number of likely N-dealkylation sites (tertiary alicyclic amines) is 2. The summed E-state index contributed by atoms with van der Waals surface area (Å²) in [6.45, 7) is 12.9. The molecule has 2 saturated heterocycles. The Morgan fingerprint density at radius 2 is 1.65 bits per heavy atom. The fourth-order valence-electron chi connectivity index (χ4n) is 5.34. The molecule has 210 valence electrons. The number of hydrogen-bond donors (Lipinski definition) is 1. The lowest BCUT2D eigenvalue weighted by Crippen LogP contribution is -2.59. The molecule has 2 fully saturated rings. The van der Waals surface area contributed by atoms with Gasteiger partial charge >= 0.3 is 5.97 Å². The minimum atomic E-state index is -0.715. The molecule has 2 rings (SSSR count). The maximum absolute atomic E-state index is 13.8. The van der Waals surface area contributed by atoms with Gasteiger partial charge in [0, 0.05) is 19.2 Å². The number of esters is 1. The number of rotatable bonds is 8. The van der Waals surface area contributed by atoms with Crippen LogP contribution in [0.4, 0.5) is 0 Å². The zero-order valence-corrected chi connectivity index (χ0v) is 24.3. The molecule has 0 aromatic carbocycles. The lowest BCUT2D eigenvalue weighted by molar-refractivity contribution is -0.149. The Labute approximate surface area is 222 Å². The molecule has 0 spiro atoms. The van der Waals surface area contributed by atoms with Gasteiger partial charge in [-0.25, -0.2) is 4.79 Å². The first-order valence-corrected chi connectivity index (χ1v) is 13.5. The first-order chi connectivity index (χ1) is 17.2. The second kappa shape index (κ2) is 12.9. The van der Waals surface area contributed by atoms with Crippen LogP contribution in [0.2, 0.25) is 0 Å². The molecule has 2 aliphatic rings. The fourth-order valence-corrected chi connectivity index (χ4v) is 5.34. The molecule has 3 amide bonds. The lowest BCUT2D eigenvalue weighted by atomic mass is 9.84. The van der Waals surface area contributed by atoms with Gasteiger partial charge in [-0.05, 0) is 57.5 Å². The molecular formula is C28H48N4O5. The second-order valence-corrected chi connectivity index (χ2v) is 12.0. The van der Waals surface area contributed by atoms with Gasteiger partial charge in [-0.3, -0.25) is 19.3 Å². The quantitative estimate of drug-likeness (QED) is 0.390. The van der Waals surface area contributed by atoms with E-state index in [2.05, 4.69) is 10.2 Å². The molecule has 0 bridgehead atoms. The second-order valence-electron chi connectivity index (χ2n) is 12.0. The number of likely N-dealkylation sites (N-methyl/N-ethyl adjacent to an activating group) is 2. The van der Waals surface area contributed by atoms with E-state index in [1.54, 1.807) is 23.8 Å². The number of nitrogens with one attached hydrogen (secondary N) is 1. The largest absolute Gasteiger partial charge is 0.467 e. The van der Waals surface area contributed by atoms with E-state index in [-0.39, 0.29) is 35.7 Å². The van der Waals surface area contributed by atoms with Crippen molar-refractivity contribution in [2.45, 2.75) is 97.8 Å². The van der Waals surface area contributed by atoms with Crippen LogP contribution in [-0.4, -0.2) is 96.9 Å². The normalized spacial score (nSPS) is 23.0. The van der Waals surface area contributed by atoms with Crippen molar-refractivity contribution in [3.63, 3.8) is 0 Å². The van der Waals surface area contributed by atoms with E-state index in [9.17, 15) is 19.2 Å². The van der Waals surface area contributed by atoms with Crippen LogP contribution in [0, 0.1) is 11.3 Å². The van der Waals surface area contributed by atoms with Crippen LogP contribution < -0.4 is 5.32 Å². The molecule has 2 heterocycles. The van der Waals surface area contributed by atoms with Crippen LogP contribution >= 0.6 is 0 Å². The van der Waals surface area contributed by atoms with E-state index in [0.717, 1.165) is 32.2 Å². The third-order valence-corrected chi connectivity index (χ3v) is 7.70. The minimum Gasteiger partial charge on any atom is -0.467 e. The van der Waals surface area contributed by atoms with Gasteiger partial charge in [-0.2, -0.15) is 0 Å². The summed E-state index contributed by atoms with van der Waals surface area (Å²) < 4.78 is 4.88. The Morgan fingerprint density at radius 3 is 2.19 bits per heavy atom. The van der Waals surface area contributed by atoms with E-state index < -0.39 is 23.5 Å². The summed E-state index contributed by atoms with van der Waals surface area (Å²) in [6.07, 6.45) is 5.99. The van der Waals surface area contributed by atoms with Crippen molar-refractivity contribution in [2.75, 3.05) is 34.3 Å². The van der Waals surface area contributed by atoms with E-state index >= 15 is 0 Å². The van der Waals surface area contributed by atoms with Crippen molar-refractivity contribution in [2.24, 2.45) is 11.3 Å². The third-order valence-electron chi connectivity index (χ3n) is 7.70. The van der Waals surface area contributed by atoms with Crippen molar-refractivity contribution in [1.29, 1.82) is 0 Å². The van der Waals surface area contributed by atoms with Crippen LogP contribution in [0.25, 0.3) is 0 Å². The molecule has 0 aromatic rings. The van der Waals surface area contributed by atoms with Crippen molar-refractivity contribution in [3.8, 4) is 0 Å². The highest BCUT2D eigenvalue weighted by molar-refractivity contribution is 5.96. The number of nitrogens with zero attached hydrogens (tertiary/aromatic N) is 3. The summed E-state index contributed by atoms with van der Waals surface area (Å²) >= 11 is 0. The Kier molecular flexibility index (Phi) is 10.7. The van der Waals surface area contributed by atoms with Gasteiger partial charge in [-0.1, -0.05) is 47.1 Å². The lowest BCUT2D eigenvalue weighted by Gasteiger charge is -2.39. The number of ether oxygens (including phenoxy) is 1. The average molecular weight is 521 g/mol. The Hall–Kier alpha value is -2.42. The molecule has 0 radical (unpaired) electrons. The van der Waals surface area contributed by atoms with Crippen LogP contribution in [0.15, 0.2) is 11.6 Å². The molecule has 0 saturated carbocycles. The number of carbonyl (C=O) groups is 4. The van der Waals surface area contributed by atoms with Crippen molar-refractivity contribution in [3.05, 3.63) is 11.6 Å². The zero-order chi connectivity index (χ0) is 28.1. The highest BCUT2D eigenvalue weighted by Gasteiger charge is 2.40. The standard InChI is InChI=1S/C28H48N4O5/c1-18(2)22(17-19(3)25(34)32-16-12-14-21(32)27(36)37-9)31(8)26(35)23(28(4,5)6)29-24(33)20-13-10-11-15-30(20)7/h17-18,20-23H,10-16H2,1-9H3,(H,29,33)/b19-17+/t20-,21+,22-,23-/m1/s1. The molecule has 37 heavy (non-hydrogen) atoms. The maximum Gasteiger partial charge on any atom is 0.328 e. The Morgan fingerprint density at radius 1 is 1.03 bits per heavy atom. The predicted molar refractivity (Wildman–Crippen MR) is 144 cm³/mol.